The summed E-state index contributed by atoms with van der Waals surface area (Å²) in [4.78, 5) is 4.28. The molecule has 0 unspecified atom stereocenters. The lowest BCUT2D eigenvalue weighted by atomic mass is 10.1. The minimum atomic E-state index is 0.284. The van der Waals surface area contributed by atoms with Crippen LogP contribution < -0.4 is 16.0 Å². The summed E-state index contributed by atoms with van der Waals surface area (Å²) in [6.07, 6.45) is 0. The minimum absolute atomic E-state index is 0.284. The third kappa shape index (κ3) is 3.07. The van der Waals surface area contributed by atoms with Gasteiger partial charge in [-0.2, -0.15) is 0 Å². The fourth-order valence-electron chi connectivity index (χ4n) is 2.07. The lowest BCUT2D eigenvalue weighted by molar-refractivity contribution is 0.302. The van der Waals surface area contributed by atoms with E-state index >= 15 is 0 Å². The van der Waals surface area contributed by atoms with Gasteiger partial charge in [-0.25, -0.2) is 10.8 Å². The zero-order chi connectivity index (χ0) is 14.7. The van der Waals surface area contributed by atoms with Gasteiger partial charge in [-0.1, -0.05) is 41.9 Å². The maximum atomic E-state index is 6.10. The molecule has 0 aliphatic heterocycles. The zero-order valence-electron chi connectivity index (χ0n) is 11.2. The van der Waals surface area contributed by atoms with Crippen molar-refractivity contribution >= 4 is 28.2 Å². The van der Waals surface area contributed by atoms with Crippen LogP contribution in [-0.2, 0) is 6.61 Å². The van der Waals surface area contributed by atoms with E-state index in [4.69, 9.17) is 22.2 Å². The molecule has 3 aromatic rings. The number of fused-ring (bicyclic) bond motifs is 1. The van der Waals surface area contributed by atoms with Gasteiger partial charge in [-0.15, -0.1) is 0 Å². The number of hydrogen-bond acceptors (Lipinski definition) is 4. The monoisotopic (exact) mass is 299 g/mol. The number of anilines is 1. The van der Waals surface area contributed by atoms with Crippen LogP contribution in [0.1, 0.15) is 5.69 Å². The summed E-state index contributed by atoms with van der Waals surface area (Å²) in [6, 6.07) is 17.5. The second kappa shape index (κ2) is 5.99. The average molecular weight is 300 g/mol. The first-order valence-corrected chi connectivity index (χ1v) is 6.88. The van der Waals surface area contributed by atoms with Crippen LogP contribution in [0.25, 0.3) is 10.8 Å². The van der Waals surface area contributed by atoms with Crippen LogP contribution in [0.5, 0.6) is 5.75 Å². The Hall–Kier alpha value is -2.30. The van der Waals surface area contributed by atoms with Gasteiger partial charge in [-0.05, 0) is 35.0 Å². The predicted molar refractivity (Wildman–Crippen MR) is 85.3 cm³/mol. The Bertz CT molecular complexity index is 776. The Kier molecular flexibility index (Phi) is 3.90. The fourth-order valence-corrected chi connectivity index (χ4v) is 2.23. The van der Waals surface area contributed by atoms with Gasteiger partial charge in [-0.3, -0.25) is 0 Å². The van der Waals surface area contributed by atoms with Gasteiger partial charge < -0.3 is 10.2 Å². The molecule has 0 atom stereocenters. The van der Waals surface area contributed by atoms with Crippen LogP contribution in [0.2, 0.25) is 5.02 Å². The molecule has 0 saturated carbocycles. The van der Waals surface area contributed by atoms with Crippen LogP contribution in [0.15, 0.2) is 54.6 Å². The number of nitrogens with zero attached hydrogens (tertiary/aromatic N) is 1. The van der Waals surface area contributed by atoms with Gasteiger partial charge in [0.15, 0.2) is 0 Å². The Morgan fingerprint density at radius 1 is 1.05 bits per heavy atom. The molecule has 0 bridgehead atoms. The maximum Gasteiger partial charge on any atom is 0.140 e. The maximum absolute atomic E-state index is 6.10. The van der Waals surface area contributed by atoms with E-state index in [1.165, 1.54) is 5.39 Å². The lowest BCUT2D eigenvalue weighted by Crippen LogP contribution is -2.10. The van der Waals surface area contributed by atoms with E-state index in [0.29, 0.717) is 16.5 Å². The number of halogens is 1. The summed E-state index contributed by atoms with van der Waals surface area (Å²) in [6.45, 7) is 0.284. The van der Waals surface area contributed by atoms with Crippen molar-refractivity contribution in [1.82, 2.24) is 4.98 Å². The van der Waals surface area contributed by atoms with Crippen LogP contribution >= 0.6 is 11.6 Å². The third-order valence-electron chi connectivity index (χ3n) is 3.16. The summed E-state index contributed by atoms with van der Waals surface area (Å²) in [5.74, 6) is 6.67. The van der Waals surface area contributed by atoms with Gasteiger partial charge in [0.2, 0.25) is 0 Å². The number of benzene rings is 2. The number of hydrogen-bond donors (Lipinski definition) is 2. The number of nitrogens with two attached hydrogens (primary N) is 1. The lowest BCUT2D eigenvalue weighted by Gasteiger charge is -2.09. The van der Waals surface area contributed by atoms with Crippen molar-refractivity contribution in [3.8, 4) is 5.75 Å². The van der Waals surface area contributed by atoms with E-state index in [2.05, 4.69) is 16.5 Å². The topological polar surface area (TPSA) is 60.2 Å². The van der Waals surface area contributed by atoms with Crippen molar-refractivity contribution in [3.05, 3.63) is 65.3 Å². The number of ether oxygens (including phenoxy) is 1. The number of hydrazine groups is 1. The number of nitrogens with one attached hydrogen (secondary N) is 1. The minimum Gasteiger partial charge on any atom is -0.487 e. The molecular weight excluding hydrogens is 286 g/mol. The molecule has 0 radical (unpaired) electrons. The predicted octanol–water partition coefficient (Wildman–Crippen LogP) is 3.75. The normalized spacial score (nSPS) is 10.6. The highest BCUT2D eigenvalue weighted by Gasteiger charge is 2.05. The Morgan fingerprint density at radius 3 is 2.67 bits per heavy atom. The molecule has 0 saturated heterocycles. The Morgan fingerprint density at radius 2 is 1.86 bits per heavy atom. The van der Waals surface area contributed by atoms with E-state index in [1.54, 1.807) is 12.1 Å². The van der Waals surface area contributed by atoms with Crippen LogP contribution in [0.4, 0.5) is 5.82 Å². The number of nitrogen functional groups attached to an aromatic ring is 1. The van der Waals surface area contributed by atoms with Gasteiger partial charge in [0.05, 0.1) is 10.7 Å². The molecule has 0 amide bonds. The summed E-state index contributed by atoms with van der Waals surface area (Å²) in [5, 5.41) is 2.86. The largest absolute Gasteiger partial charge is 0.487 e. The smallest absolute Gasteiger partial charge is 0.140 e. The second-order valence-electron chi connectivity index (χ2n) is 4.57. The fraction of sp³-hybridized carbons (Fsp3) is 0.0625. The molecule has 106 valence electrons. The first-order chi connectivity index (χ1) is 10.3. The molecule has 0 spiro atoms. The highest BCUT2D eigenvalue weighted by molar-refractivity contribution is 6.31. The molecule has 0 aliphatic rings. The summed E-state index contributed by atoms with van der Waals surface area (Å²) >= 11 is 6.10. The van der Waals surface area contributed by atoms with Gasteiger partial charge >= 0.3 is 0 Å². The second-order valence-corrected chi connectivity index (χ2v) is 4.97. The van der Waals surface area contributed by atoms with Crippen molar-refractivity contribution < 1.29 is 4.74 Å². The molecule has 21 heavy (non-hydrogen) atoms. The van der Waals surface area contributed by atoms with Crippen molar-refractivity contribution in [2.75, 3.05) is 5.43 Å². The van der Waals surface area contributed by atoms with Gasteiger partial charge in [0.25, 0.3) is 0 Å². The number of pyridine rings is 1. The molecule has 1 heterocycles. The van der Waals surface area contributed by atoms with E-state index in [9.17, 15) is 0 Å². The number of rotatable bonds is 4. The zero-order valence-corrected chi connectivity index (χ0v) is 12.0. The quantitative estimate of drug-likeness (QED) is 0.569. The SMILES string of the molecule is NNc1ccc(Cl)c(COc2ccc3ccccc3c2)n1. The van der Waals surface area contributed by atoms with Crippen molar-refractivity contribution in [2.45, 2.75) is 6.61 Å². The van der Waals surface area contributed by atoms with Crippen LogP contribution in [-0.4, -0.2) is 4.98 Å². The molecule has 4 nitrogen and oxygen atoms in total. The van der Waals surface area contributed by atoms with Crippen molar-refractivity contribution in [2.24, 2.45) is 5.84 Å². The van der Waals surface area contributed by atoms with Gasteiger partial charge in [0.1, 0.15) is 18.2 Å². The molecule has 1 aromatic heterocycles. The molecule has 2 aromatic carbocycles. The van der Waals surface area contributed by atoms with Crippen molar-refractivity contribution in [3.63, 3.8) is 0 Å². The summed E-state index contributed by atoms with van der Waals surface area (Å²) in [5.41, 5.74) is 3.13. The Labute approximate surface area is 127 Å². The van der Waals surface area contributed by atoms with Crippen LogP contribution in [0, 0.1) is 0 Å². The number of aromatic nitrogens is 1. The molecule has 5 heteroatoms. The molecule has 3 N–H and O–H groups in total. The first-order valence-electron chi connectivity index (χ1n) is 6.50. The molecule has 0 aliphatic carbocycles. The van der Waals surface area contributed by atoms with E-state index in [0.717, 1.165) is 11.1 Å². The van der Waals surface area contributed by atoms with Crippen LogP contribution in [0.3, 0.4) is 0 Å². The third-order valence-corrected chi connectivity index (χ3v) is 3.51. The summed E-state index contributed by atoms with van der Waals surface area (Å²) in [7, 11) is 0. The van der Waals surface area contributed by atoms with E-state index in [-0.39, 0.29) is 6.61 Å². The molecule has 0 fully saturated rings. The first kappa shape index (κ1) is 13.7. The summed E-state index contributed by atoms with van der Waals surface area (Å²) < 4.78 is 5.76. The van der Waals surface area contributed by atoms with E-state index in [1.807, 2.05) is 36.4 Å². The molecular formula is C16H14ClN3O. The van der Waals surface area contributed by atoms with Gasteiger partial charge in [0, 0.05) is 0 Å². The highest BCUT2D eigenvalue weighted by Crippen LogP contribution is 2.23. The average Bonchev–Trinajstić information content (AvgIpc) is 2.54. The Balaban J connectivity index is 1.80. The standard InChI is InChI=1S/C16H14ClN3O/c17-14-7-8-16(20-18)19-15(14)10-21-13-6-5-11-3-1-2-4-12(11)9-13/h1-9H,10,18H2,(H,19,20). The van der Waals surface area contributed by atoms with E-state index < -0.39 is 0 Å². The van der Waals surface area contributed by atoms with Crippen molar-refractivity contribution in [1.29, 1.82) is 0 Å². The molecule has 3 rings (SSSR count). The highest BCUT2D eigenvalue weighted by atomic mass is 35.5.